The van der Waals surface area contributed by atoms with Crippen LogP contribution in [0.5, 0.6) is 0 Å². The van der Waals surface area contributed by atoms with E-state index in [4.69, 9.17) is 4.74 Å². The van der Waals surface area contributed by atoms with Crippen molar-refractivity contribution in [3.05, 3.63) is 0 Å². The summed E-state index contributed by atoms with van der Waals surface area (Å²) in [6.45, 7) is 8.24. The van der Waals surface area contributed by atoms with Gasteiger partial charge in [0, 0.05) is 25.2 Å². The number of likely N-dealkylation sites (N-methyl/N-ethyl adjacent to an activating group) is 1. The van der Waals surface area contributed by atoms with Crippen LogP contribution in [0.4, 0.5) is 0 Å². The van der Waals surface area contributed by atoms with Gasteiger partial charge in [-0.15, -0.1) is 0 Å². The van der Waals surface area contributed by atoms with Crippen molar-refractivity contribution in [3.8, 4) is 0 Å². The number of rotatable bonds is 6. The molecule has 2 unspecified atom stereocenters. The molecule has 90 valence electrons. The van der Waals surface area contributed by atoms with Crippen LogP contribution in [-0.4, -0.2) is 50.3 Å². The Morgan fingerprint density at radius 3 is 2.93 bits per heavy atom. The minimum absolute atomic E-state index is 0.472. The van der Waals surface area contributed by atoms with Crippen molar-refractivity contribution in [2.24, 2.45) is 0 Å². The smallest absolute Gasteiger partial charge is 0.0616 e. The Kier molecular flexibility index (Phi) is 6.22. The SMILES string of the molecule is CCOCC(C)NCC1CCCCN1C. The maximum absolute atomic E-state index is 5.39. The summed E-state index contributed by atoms with van der Waals surface area (Å²) in [7, 11) is 2.23. The number of likely N-dealkylation sites (tertiary alicyclic amines) is 1. The fourth-order valence-electron chi connectivity index (χ4n) is 2.09. The van der Waals surface area contributed by atoms with Crippen molar-refractivity contribution in [2.75, 3.05) is 33.4 Å². The number of piperidine rings is 1. The summed E-state index contributed by atoms with van der Waals surface area (Å²) in [6.07, 6.45) is 4.09. The normalized spacial score (nSPS) is 25.4. The van der Waals surface area contributed by atoms with Crippen LogP contribution in [0.2, 0.25) is 0 Å². The molecule has 2 atom stereocenters. The van der Waals surface area contributed by atoms with Gasteiger partial charge < -0.3 is 15.0 Å². The van der Waals surface area contributed by atoms with E-state index in [9.17, 15) is 0 Å². The highest BCUT2D eigenvalue weighted by Gasteiger charge is 2.18. The lowest BCUT2D eigenvalue weighted by atomic mass is 10.0. The topological polar surface area (TPSA) is 24.5 Å². The van der Waals surface area contributed by atoms with Crippen LogP contribution in [0, 0.1) is 0 Å². The zero-order valence-corrected chi connectivity index (χ0v) is 10.5. The highest BCUT2D eigenvalue weighted by molar-refractivity contribution is 4.77. The van der Waals surface area contributed by atoms with E-state index in [1.807, 2.05) is 6.92 Å². The fraction of sp³-hybridized carbons (Fsp3) is 1.00. The molecule has 0 bridgehead atoms. The van der Waals surface area contributed by atoms with Crippen molar-refractivity contribution in [1.82, 2.24) is 10.2 Å². The van der Waals surface area contributed by atoms with Crippen molar-refractivity contribution >= 4 is 0 Å². The lowest BCUT2D eigenvalue weighted by Gasteiger charge is -2.33. The van der Waals surface area contributed by atoms with Gasteiger partial charge in [0.1, 0.15) is 0 Å². The van der Waals surface area contributed by atoms with Crippen LogP contribution < -0.4 is 5.32 Å². The standard InChI is InChI=1S/C12H26N2O/c1-4-15-10-11(2)13-9-12-7-5-6-8-14(12)3/h11-13H,4-10H2,1-3H3. The molecule has 1 heterocycles. The zero-order valence-electron chi connectivity index (χ0n) is 10.5. The predicted octanol–water partition coefficient (Wildman–Crippen LogP) is 1.49. The first-order valence-electron chi connectivity index (χ1n) is 6.25. The zero-order chi connectivity index (χ0) is 11.1. The van der Waals surface area contributed by atoms with E-state index in [2.05, 4.69) is 24.2 Å². The molecule has 0 aromatic carbocycles. The van der Waals surface area contributed by atoms with E-state index in [1.54, 1.807) is 0 Å². The molecule has 3 nitrogen and oxygen atoms in total. The molecule has 0 aromatic rings. The Labute approximate surface area is 94.2 Å². The predicted molar refractivity (Wildman–Crippen MR) is 64.2 cm³/mol. The van der Waals surface area contributed by atoms with E-state index < -0.39 is 0 Å². The van der Waals surface area contributed by atoms with Crippen LogP contribution in [0.25, 0.3) is 0 Å². The molecular weight excluding hydrogens is 188 g/mol. The van der Waals surface area contributed by atoms with Crippen LogP contribution in [-0.2, 0) is 4.74 Å². The minimum Gasteiger partial charge on any atom is -0.380 e. The molecule has 0 amide bonds. The lowest BCUT2D eigenvalue weighted by Crippen LogP contribution is -2.46. The van der Waals surface area contributed by atoms with Crippen LogP contribution in [0.15, 0.2) is 0 Å². The van der Waals surface area contributed by atoms with Crippen LogP contribution in [0.3, 0.4) is 0 Å². The molecule has 0 aromatic heterocycles. The molecule has 0 radical (unpaired) electrons. The summed E-state index contributed by atoms with van der Waals surface area (Å²) in [6, 6.07) is 1.20. The quantitative estimate of drug-likeness (QED) is 0.725. The van der Waals surface area contributed by atoms with Crippen molar-refractivity contribution in [1.29, 1.82) is 0 Å². The third kappa shape index (κ3) is 4.96. The second-order valence-electron chi connectivity index (χ2n) is 4.60. The van der Waals surface area contributed by atoms with Gasteiger partial charge >= 0.3 is 0 Å². The van der Waals surface area contributed by atoms with E-state index in [0.29, 0.717) is 6.04 Å². The van der Waals surface area contributed by atoms with Crippen LogP contribution in [0.1, 0.15) is 33.1 Å². The molecule has 1 aliphatic heterocycles. The maximum Gasteiger partial charge on any atom is 0.0616 e. The Morgan fingerprint density at radius 2 is 2.27 bits per heavy atom. The Morgan fingerprint density at radius 1 is 1.47 bits per heavy atom. The highest BCUT2D eigenvalue weighted by Crippen LogP contribution is 2.14. The number of ether oxygens (including phenoxy) is 1. The third-order valence-corrected chi connectivity index (χ3v) is 3.20. The summed E-state index contributed by atoms with van der Waals surface area (Å²) in [5.74, 6) is 0. The van der Waals surface area contributed by atoms with Gasteiger partial charge in [-0.2, -0.15) is 0 Å². The second-order valence-corrected chi connectivity index (χ2v) is 4.60. The molecule has 1 fully saturated rings. The number of hydrogen-bond acceptors (Lipinski definition) is 3. The molecule has 3 heteroatoms. The van der Waals surface area contributed by atoms with Crippen molar-refractivity contribution in [3.63, 3.8) is 0 Å². The first kappa shape index (κ1) is 12.9. The fourth-order valence-corrected chi connectivity index (χ4v) is 2.09. The minimum atomic E-state index is 0.472. The number of hydrogen-bond donors (Lipinski definition) is 1. The van der Waals surface area contributed by atoms with Crippen LogP contribution >= 0.6 is 0 Å². The van der Waals surface area contributed by atoms with Gasteiger partial charge in [0.2, 0.25) is 0 Å². The summed E-state index contributed by atoms with van der Waals surface area (Å²) >= 11 is 0. The average Bonchev–Trinajstić information content (AvgIpc) is 2.25. The largest absolute Gasteiger partial charge is 0.380 e. The van der Waals surface area contributed by atoms with Gasteiger partial charge in [-0.1, -0.05) is 6.42 Å². The van der Waals surface area contributed by atoms with Gasteiger partial charge in [-0.25, -0.2) is 0 Å². The molecule has 0 aliphatic carbocycles. The van der Waals surface area contributed by atoms with Crippen molar-refractivity contribution in [2.45, 2.75) is 45.2 Å². The highest BCUT2D eigenvalue weighted by atomic mass is 16.5. The molecule has 0 saturated carbocycles. The molecule has 1 N–H and O–H groups in total. The summed E-state index contributed by atoms with van der Waals surface area (Å²) in [5.41, 5.74) is 0. The first-order valence-corrected chi connectivity index (χ1v) is 6.25. The summed E-state index contributed by atoms with van der Waals surface area (Å²) in [5, 5.41) is 3.55. The molecule has 1 rings (SSSR count). The number of nitrogens with one attached hydrogen (secondary N) is 1. The Bertz CT molecular complexity index is 164. The first-order chi connectivity index (χ1) is 7.24. The molecule has 1 aliphatic rings. The van der Waals surface area contributed by atoms with Gasteiger partial charge in [0.25, 0.3) is 0 Å². The van der Waals surface area contributed by atoms with E-state index in [1.165, 1.54) is 25.8 Å². The van der Waals surface area contributed by atoms with Gasteiger partial charge in [0.05, 0.1) is 6.61 Å². The second kappa shape index (κ2) is 7.20. The monoisotopic (exact) mass is 214 g/mol. The molecule has 1 saturated heterocycles. The Balaban J connectivity index is 2.11. The third-order valence-electron chi connectivity index (χ3n) is 3.20. The van der Waals surface area contributed by atoms with Gasteiger partial charge in [-0.3, -0.25) is 0 Å². The molecule has 0 spiro atoms. The van der Waals surface area contributed by atoms with E-state index in [-0.39, 0.29) is 0 Å². The summed E-state index contributed by atoms with van der Waals surface area (Å²) in [4.78, 5) is 2.48. The van der Waals surface area contributed by atoms with E-state index >= 15 is 0 Å². The lowest BCUT2D eigenvalue weighted by molar-refractivity contribution is 0.119. The van der Waals surface area contributed by atoms with Gasteiger partial charge in [-0.05, 0) is 40.3 Å². The molecule has 15 heavy (non-hydrogen) atoms. The van der Waals surface area contributed by atoms with Crippen molar-refractivity contribution < 1.29 is 4.74 Å². The van der Waals surface area contributed by atoms with E-state index in [0.717, 1.165) is 25.8 Å². The summed E-state index contributed by atoms with van der Waals surface area (Å²) < 4.78 is 5.39. The molecular formula is C12H26N2O. The van der Waals surface area contributed by atoms with Gasteiger partial charge in [0.15, 0.2) is 0 Å². The number of nitrogens with zero attached hydrogens (tertiary/aromatic N) is 1. The Hall–Kier alpha value is -0.120. The average molecular weight is 214 g/mol. The maximum atomic E-state index is 5.39.